The number of aromatic nitrogens is 4. The highest BCUT2D eigenvalue weighted by atomic mass is 32.2. The Labute approximate surface area is 230 Å². The molecule has 0 radical (unpaired) electrons. The van der Waals surface area contributed by atoms with Crippen molar-refractivity contribution in [2.75, 3.05) is 44.3 Å². The molecule has 1 saturated carbocycles. The Morgan fingerprint density at radius 3 is 2.45 bits per heavy atom. The van der Waals surface area contributed by atoms with Crippen molar-refractivity contribution in [3.63, 3.8) is 0 Å². The van der Waals surface area contributed by atoms with Gasteiger partial charge in [0.2, 0.25) is 20.9 Å². The van der Waals surface area contributed by atoms with Crippen LogP contribution >= 0.6 is 11.3 Å². The van der Waals surface area contributed by atoms with Crippen molar-refractivity contribution < 1.29 is 31.1 Å². The minimum absolute atomic E-state index is 0.00121. The number of carbonyl (C=O) groups is 1. The molecule has 1 aliphatic carbocycles. The van der Waals surface area contributed by atoms with Crippen molar-refractivity contribution in [1.82, 2.24) is 29.2 Å². The van der Waals surface area contributed by atoms with Crippen LogP contribution in [0.5, 0.6) is 0 Å². The number of anilines is 1. The summed E-state index contributed by atoms with van der Waals surface area (Å²) in [7, 11) is -4.19. The van der Waals surface area contributed by atoms with Crippen molar-refractivity contribution >= 4 is 38.5 Å². The van der Waals surface area contributed by atoms with Crippen LogP contribution in [0.15, 0.2) is 23.4 Å². The van der Waals surface area contributed by atoms with Crippen LogP contribution in [0.4, 0.5) is 18.9 Å². The second kappa shape index (κ2) is 9.09. The zero-order chi connectivity index (χ0) is 28.5. The molecule has 5 heterocycles. The summed E-state index contributed by atoms with van der Waals surface area (Å²) in [4.78, 5) is 20.7. The first-order valence-electron chi connectivity index (χ1n) is 12.3. The van der Waals surface area contributed by atoms with E-state index >= 15 is 0 Å². The number of nitriles is 1. The van der Waals surface area contributed by atoms with Gasteiger partial charge in [0, 0.05) is 32.4 Å². The van der Waals surface area contributed by atoms with E-state index in [1.54, 1.807) is 4.90 Å². The molecule has 6 rings (SSSR count). The van der Waals surface area contributed by atoms with E-state index in [1.165, 1.54) is 22.9 Å². The van der Waals surface area contributed by atoms with E-state index in [4.69, 9.17) is 4.74 Å². The number of pyridine rings is 1. The standard InChI is InChI=1S/C23H23F3N8O4S2/c1-21(12-38-13-21)20(35)33-6-4-32(5-7-33)15-8-14(40(36,37)31-22(11-27)2-3-22)10-34-16(15)9-28-17(34)18-29-30-19(39-18)23(24,25)26/h8-10,31H,2-7,12-13H2,1H3. The first kappa shape index (κ1) is 26.9. The number of halogens is 3. The Morgan fingerprint density at radius 2 is 1.90 bits per heavy atom. The Bertz CT molecular complexity index is 1650. The third kappa shape index (κ3) is 4.58. The molecular weight excluding hydrogens is 573 g/mol. The average molecular weight is 597 g/mol. The van der Waals surface area contributed by atoms with Crippen molar-refractivity contribution in [1.29, 1.82) is 5.26 Å². The SMILES string of the molecule is CC1(C(=O)N2CCN(c3cc(S(=O)(=O)NC4(C#N)CC4)cn4c(-c5nnc(C(F)(F)F)s5)ncc34)CC2)COC1. The van der Waals surface area contributed by atoms with Gasteiger partial charge in [-0.3, -0.25) is 9.20 Å². The minimum atomic E-state index is -4.69. The lowest BCUT2D eigenvalue weighted by Gasteiger charge is -2.43. The molecule has 12 nitrogen and oxygen atoms in total. The third-order valence-corrected chi connectivity index (χ3v) is 9.79. The summed E-state index contributed by atoms with van der Waals surface area (Å²) in [5.74, 6) is -0.00636. The molecule has 0 atom stereocenters. The molecule has 3 aliphatic rings. The number of alkyl halides is 3. The van der Waals surface area contributed by atoms with E-state index in [-0.39, 0.29) is 21.6 Å². The van der Waals surface area contributed by atoms with Gasteiger partial charge in [-0.25, -0.2) is 13.4 Å². The minimum Gasteiger partial charge on any atom is -0.379 e. The summed E-state index contributed by atoms with van der Waals surface area (Å²) < 4.78 is 75.4. The Morgan fingerprint density at radius 1 is 1.20 bits per heavy atom. The fourth-order valence-corrected chi connectivity index (χ4v) is 6.88. The number of nitrogens with one attached hydrogen (secondary N) is 1. The molecule has 1 N–H and O–H groups in total. The number of hydrogen-bond donors (Lipinski definition) is 1. The molecule has 3 aromatic rings. The fourth-order valence-electron chi connectivity index (χ4n) is 4.78. The van der Waals surface area contributed by atoms with Gasteiger partial charge in [-0.05, 0) is 25.8 Å². The molecular formula is C23H23F3N8O4S2. The summed E-state index contributed by atoms with van der Waals surface area (Å²) in [6.07, 6.45) is -1.26. The topological polar surface area (TPSA) is 146 Å². The van der Waals surface area contributed by atoms with Gasteiger partial charge in [0.25, 0.3) is 0 Å². The van der Waals surface area contributed by atoms with Crippen molar-refractivity contribution in [3.05, 3.63) is 23.5 Å². The van der Waals surface area contributed by atoms with Crippen LogP contribution in [-0.2, 0) is 25.7 Å². The van der Waals surface area contributed by atoms with Crippen LogP contribution in [0.3, 0.4) is 0 Å². The molecule has 40 heavy (non-hydrogen) atoms. The maximum absolute atomic E-state index is 13.4. The Hall–Kier alpha value is -3.33. The number of amides is 1. The summed E-state index contributed by atoms with van der Waals surface area (Å²) in [6, 6.07) is 3.45. The largest absolute Gasteiger partial charge is 0.445 e. The summed E-state index contributed by atoms with van der Waals surface area (Å²) in [5.41, 5.74) is -0.821. The Kier molecular flexibility index (Phi) is 6.11. The van der Waals surface area contributed by atoms with Crippen LogP contribution < -0.4 is 9.62 Å². The van der Waals surface area contributed by atoms with Gasteiger partial charge in [-0.2, -0.15) is 23.2 Å². The molecule has 212 valence electrons. The molecule has 0 unspecified atom stereocenters. The van der Waals surface area contributed by atoms with Gasteiger partial charge >= 0.3 is 6.18 Å². The smallest absolute Gasteiger partial charge is 0.379 e. The number of fused-ring (bicyclic) bond motifs is 1. The Balaban J connectivity index is 1.38. The number of sulfonamides is 1. The van der Waals surface area contributed by atoms with Gasteiger partial charge in [-0.1, -0.05) is 11.3 Å². The third-order valence-electron chi connectivity index (χ3n) is 7.32. The number of piperazine rings is 1. The number of ether oxygens (including phenoxy) is 1. The van der Waals surface area contributed by atoms with E-state index in [0.717, 1.165) is 0 Å². The monoisotopic (exact) mass is 596 g/mol. The normalized spacial score (nSPS) is 20.3. The molecule has 0 bridgehead atoms. The second-order valence-corrected chi connectivity index (χ2v) is 13.1. The molecule has 0 spiro atoms. The van der Waals surface area contributed by atoms with Gasteiger partial charge in [0.1, 0.15) is 10.4 Å². The lowest BCUT2D eigenvalue weighted by molar-refractivity contribution is -0.169. The zero-order valence-corrected chi connectivity index (χ0v) is 22.7. The first-order valence-corrected chi connectivity index (χ1v) is 14.6. The van der Waals surface area contributed by atoms with E-state index in [0.29, 0.717) is 74.8 Å². The van der Waals surface area contributed by atoms with Crippen LogP contribution in [0.1, 0.15) is 24.8 Å². The van der Waals surface area contributed by atoms with Gasteiger partial charge in [0.05, 0.1) is 42.1 Å². The molecule has 2 saturated heterocycles. The highest BCUT2D eigenvalue weighted by Crippen LogP contribution is 2.39. The molecule has 1 amide bonds. The van der Waals surface area contributed by atoms with E-state index in [2.05, 4.69) is 19.9 Å². The summed E-state index contributed by atoms with van der Waals surface area (Å²) >= 11 is 0.298. The summed E-state index contributed by atoms with van der Waals surface area (Å²) in [5, 5.41) is 15.0. The predicted octanol–water partition coefficient (Wildman–Crippen LogP) is 1.89. The van der Waals surface area contributed by atoms with Gasteiger partial charge in [-0.15, -0.1) is 10.2 Å². The molecule has 3 aromatic heterocycles. The predicted molar refractivity (Wildman–Crippen MR) is 135 cm³/mol. The first-order chi connectivity index (χ1) is 18.8. The molecule has 2 aliphatic heterocycles. The van der Waals surface area contributed by atoms with Gasteiger partial charge < -0.3 is 14.5 Å². The average Bonchev–Trinajstić information content (AvgIpc) is 3.27. The van der Waals surface area contributed by atoms with E-state index in [1.807, 2.05) is 17.9 Å². The molecule has 0 aromatic carbocycles. The fraction of sp³-hybridized carbons (Fsp3) is 0.522. The zero-order valence-electron chi connectivity index (χ0n) is 21.1. The number of carbonyl (C=O) groups excluding carboxylic acids is 1. The maximum Gasteiger partial charge on any atom is 0.445 e. The quantitative estimate of drug-likeness (QED) is 0.451. The molecule has 17 heteroatoms. The van der Waals surface area contributed by atoms with E-state index < -0.39 is 32.2 Å². The van der Waals surface area contributed by atoms with Crippen molar-refractivity contribution in [3.8, 4) is 16.9 Å². The maximum atomic E-state index is 13.4. The number of rotatable bonds is 6. The lowest BCUT2D eigenvalue weighted by Crippen LogP contribution is -2.58. The van der Waals surface area contributed by atoms with Crippen LogP contribution in [0, 0.1) is 16.7 Å². The van der Waals surface area contributed by atoms with E-state index in [9.17, 15) is 31.6 Å². The van der Waals surface area contributed by atoms with Crippen LogP contribution in [0.2, 0.25) is 0 Å². The second-order valence-electron chi connectivity index (χ2n) is 10.4. The number of imidazole rings is 1. The van der Waals surface area contributed by atoms with Gasteiger partial charge in [0.15, 0.2) is 10.8 Å². The highest BCUT2D eigenvalue weighted by molar-refractivity contribution is 7.89. The van der Waals surface area contributed by atoms with Crippen LogP contribution in [0.25, 0.3) is 16.3 Å². The van der Waals surface area contributed by atoms with Crippen LogP contribution in [-0.4, -0.2) is 83.7 Å². The van der Waals surface area contributed by atoms with Crippen molar-refractivity contribution in [2.45, 2.75) is 36.4 Å². The number of nitrogens with zero attached hydrogens (tertiary/aromatic N) is 7. The lowest BCUT2D eigenvalue weighted by atomic mass is 9.86. The van der Waals surface area contributed by atoms with Crippen molar-refractivity contribution in [2.24, 2.45) is 5.41 Å². The highest BCUT2D eigenvalue weighted by Gasteiger charge is 2.47. The molecule has 3 fully saturated rings. The number of hydrogen-bond acceptors (Lipinski definition) is 10. The summed E-state index contributed by atoms with van der Waals surface area (Å²) in [6.45, 7) is 4.13.